The molecule has 4 heterocycles. The van der Waals surface area contributed by atoms with Gasteiger partial charge < -0.3 is 28.0 Å². The highest BCUT2D eigenvalue weighted by Crippen LogP contribution is 2.63. The summed E-state index contributed by atoms with van der Waals surface area (Å²) in [6.07, 6.45) is 3.10. The maximum atomic E-state index is 12.6. The van der Waals surface area contributed by atoms with Crippen LogP contribution < -0.4 is 5.32 Å². The van der Waals surface area contributed by atoms with Gasteiger partial charge in [-0.3, -0.25) is 9.36 Å². The molecule has 282 valence electrons. The van der Waals surface area contributed by atoms with Crippen LogP contribution in [0.25, 0.3) is 11.2 Å². The lowest BCUT2D eigenvalue weighted by Crippen LogP contribution is -2.54. The van der Waals surface area contributed by atoms with Gasteiger partial charge in [0.15, 0.2) is 39.8 Å². The molecule has 2 aliphatic rings. The molecule has 2 aliphatic heterocycles. The monoisotopic (exact) mass is 795 g/mol. The van der Waals surface area contributed by atoms with Crippen molar-refractivity contribution in [2.45, 2.75) is 134 Å². The highest BCUT2D eigenvalue weighted by molar-refractivity contribution is 8.53. The molecule has 6 unspecified atom stereocenters. The predicted octanol–water partition coefficient (Wildman–Crippen LogP) is 10.0. The molecular weight excluding hydrogens is 741 g/mol. The van der Waals surface area contributed by atoms with Crippen LogP contribution in [0.15, 0.2) is 36.9 Å². The Kier molecular flexibility index (Phi) is 12.9. The van der Waals surface area contributed by atoms with E-state index in [0.29, 0.717) is 30.0 Å². The van der Waals surface area contributed by atoms with Gasteiger partial charge in [-0.25, -0.2) is 15.0 Å². The molecule has 2 saturated heterocycles. The van der Waals surface area contributed by atoms with Crippen molar-refractivity contribution in [3.63, 3.8) is 0 Å². The Balaban J connectivity index is 1.50. The molecule has 0 aliphatic carbocycles. The van der Waals surface area contributed by atoms with Crippen LogP contribution in [-0.4, -0.2) is 73.6 Å². The second kappa shape index (κ2) is 16.1. The zero-order valence-electron chi connectivity index (χ0n) is 31.9. The van der Waals surface area contributed by atoms with Crippen molar-refractivity contribution in [2.24, 2.45) is 0 Å². The van der Waals surface area contributed by atoms with Crippen molar-refractivity contribution >= 4 is 70.1 Å². The minimum Gasteiger partial charge on any atom is -0.408 e. The number of anilines is 1. The average molecular weight is 797 g/mol. The number of hydrogen-bond donors (Lipinski definition) is 1. The number of nitrogens with zero attached hydrogens (tertiary/aromatic N) is 4. The third-order valence-corrected chi connectivity index (χ3v) is 23.3. The molecule has 2 fully saturated rings. The molecule has 3 aromatic rings. The molecular formula is C35H55ClN5O6PSSi2. The van der Waals surface area contributed by atoms with Crippen LogP contribution in [0.2, 0.25) is 41.3 Å². The number of hydrogen-bond acceptors (Lipinski definition) is 10. The Morgan fingerprint density at radius 2 is 1.75 bits per heavy atom. The van der Waals surface area contributed by atoms with E-state index in [1.54, 1.807) is 17.7 Å². The number of amides is 1. The first kappa shape index (κ1) is 40.7. The highest BCUT2D eigenvalue weighted by Gasteiger charge is 2.55. The van der Waals surface area contributed by atoms with E-state index in [9.17, 15) is 4.79 Å². The molecule has 0 spiro atoms. The van der Waals surface area contributed by atoms with E-state index in [1.807, 2.05) is 29.7 Å². The summed E-state index contributed by atoms with van der Waals surface area (Å²) in [6, 6.07) is 8.01. The first-order valence-electron chi connectivity index (χ1n) is 17.8. The lowest BCUT2D eigenvalue weighted by Gasteiger charge is -2.44. The SMILES string of the molecule is CCCC(=O)Nc1ncnc2c1ncn2C1OC(COP2OCCC(c3cccc(Cl)c3)S2)C(O[Si](C)(C)C(C)(C)C)C1O[Si](C)(C)C(C)(C)C. The molecule has 5 rings (SSSR count). The fraction of sp³-hybridized carbons (Fsp3) is 0.657. The van der Waals surface area contributed by atoms with Gasteiger partial charge in [0.1, 0.15) is 24.6 Å². The number of carbonyl (C=O) groups is 1. The second-order valence-corrected chi connectivity index (χ2v) is 29.6. The first-order chi connectivity index (χ1) is 23.8. The Hall–Kier alpha value is -1.46. The van der Waals surface area contributed by atoms with Gasteiger partial charge in [0.2, 0.25) is 13.5 Å². The number of fused-ring (bicyclic) bond motifs is 1. The minimum absolute atomic E-state index is 0.0604. The van der Waals surface area contributed by atoms with Gasteiger partial charge in [-0.2, -0.15) is 0 Å². The van der Waals surface area contributed by atoms with E-state index >= 15 is 0 Å². The Morgan fingerprint density at radius 1 is 1.06 bits per heavy atom. The summed E-state index contributed by atoms with van der Waals surface area (Å²) in [6.45, 7) is 25.2. The molecule has 1 aromatic carbocycles. The van der Waals surface area contributed by atoms with Crippen molar-refractivity contribution in [3.05, 3.63) is 47.5 Å². The molecule has 11 nitrogen and oxygen atoms in total. The Labute approximate surface area is 315 Å². The molecule has 0 radical (unpaired) electrons. The summed E-state index contributed by atoms with van der Waals surface area (Å²) in [5.74, 6) is 0.250. The van der Waals surface area contributed by atoms with Crippen LogP contribution in [0.3, 0.4) is 0 Å². The standard InChI is InChI=1S/C35H55ClN5O6PSSi2/c1-12-14-27(42)40-31-28-32(38-21-37-31)41(22-39-28)33-30(47-51(10,11)35(5,6)7)29(46-50(8,9)34(2,3)4)25(45-33)20-44-48-43-18-17-26(49-48)23-15-13-16-24(36)19-23/h13,15-16,19,21-22,25-26,29-30,33H,12,14,17-18,20H2,1-11H3,(H,37,38,40,42). The smallest absolute Gasteiger partial charge is 0.238 e. The number of ether oxygens (including phenoxy) is 1. The van der Waals surface area contributed by atoms with Crippen LogP contribution in [0, 0.1) is 0 Å². The van der Waals surface area contributed by atoms with Crippen LogP contribution in [-0.2, 0) is 27.4 Å². The van der Waals surface area contributed by atoms with E-state index in [0.717, 1.165) is 17.9 Å². The zero-order chi connectivity index (χ0) is 37.4. The van der Waals surface area contributed by atoms with Gasteiger partial charge in [-0.15, -0.1) is 0 Å². The lowest BCUT2D eigenvalue weighted by molar-refractivity contribution is -0.116. The van der Waals surface area contributed by atoms with Crippen LogP contribution in [0.4, 0.5) is 5.82 Å². The molecule has 1 amide bonds. The van der Waals surface area contributed by atoms with Gasteiger partial charge in [-0.05, 0) is 66.8 Å². The molecule has 2 aromatic heterocycles. The van der Waals surface area contributed by atoms with Crippen LogP contribution in [0.1, 0.15) is 84.8 Å². The van der Waals surface area contributed by atoms with E-state index in [4.69, 9.17) is 34.2 Å². The maximum absolute atomic E-state index is 12.6. The predicted molar refractivity (Wildman–Crippen MR) is 212 cm³/mol. The number of halogens is 1. The molecule has 16 heteroatoms. The molecule has 51 heavy (non-hydrogen) atoms. The largest absolute Gasteiger partial charge is 0.408 e. The van der Waals surface area contributed by atoms with Gasteiger partial charge in [0, 0.05) is 16.7 Å². The quantitative estimate of drug-likeness (QED) is 0.140. The molecule has 1 N–H and O–H groups in total. The van der Waals surface area contributed by atoms with E-state index in [2.05, 4.69) is 94.1 Å². The van der Waals surface area contributed by atoms with Crippen LogP contribution >= 0.6 is 30.6 Å². The van der Waals surface area contributed by atoms with E-state index in [-0.39, 0.29) is 27.8 Å². The number of carbonyl (C=O) groups excluding carboxylic acids is 1. The Morgan fingerprint density at radius 3 is 2.39 bits per heavy atom. The van der Waals surface area contributed by atoms with Crippen molar-refractivity contribution < 1.29 is 27.4 Å². The lowest BCUT2D eigenvalue weighted by atomic mass is 10.1. The summed E-state index contributed by atoms with van der Waals surface area (Å²) in [5.41, 5.74) is 2.20. The summed E-state index contributed by atoms with van der Waals surface area (Å²) >= 11 is 8.04. The van der Waals surface area contributed by atoms with Gasteiger partial charge in [0.25, 0.3) is 0 Å². The number of rotatable bonds is 12. The zero-order valence-corrected chi connectivity index (χ0v) is 36.3. The summed E-state index contributed by atoms with van der Waals surface area (Å²) < 4.78 is 36.3. The van der Waals surface area contributed by atoms with Crippen LogP contribution in [0.5, 0.6) is 0 Å². The fourth-order valence-electron chi connectivity index (χ4n) is 5.48. The average Bonchev–Trinajstić information content (AvgIpc) is 3.60. The summed E-state index contributed by atoms with van der Waals surface area (Å²) in [4.78, 5) is 26.2. The van der Waals surface area contributed by atoms with Gasteiger partial charge >= 0.3 is 0 Å². The molecule has 6 atom stereocenters. The number of benzene rings is 1. The normalized spacial score (nSPS) is 25.0. The summed E-state index contributed by atoms with van der Waals surface area (Å²) in [5, 5.41) is 3.72. The van der Waals surface area contributed by atoms with Gasteiger partial charge in [-0.1, -0.05) is 83.6 Å². The number of imidazole rings is 1. The summed E-state index contributed by atoms with van der Waals surface area (Å²) in [7, 11) is -5.99. The highest BCUT2D eigenvalue weighted by atomic mass is 35.5. The third-order valence-electron chi connectivity index (χ3n) is 10.5. The third kappa shape index (κ3) is 9.44. The van der Waals surface area contributed by atoms with Crippen molar-refractivity contribution in [1.29, 1.82) is 0 Å². The maximum Gasteiger partial charge on any atom is 0.238 e. The van der Waals surface area contributed by atoms with Crippen molar-refractivity contribution in [1.82, 2.24) is 19.5 Å². The minimum atomic E-state index is -2.38. The number of nitrogens with one attached hydrogen (secondary N) is 1. The molecule has 0 bridgehead atoms. The van der Waals surface area contributed by atoms with Crippen molar-refractivity contribution in [3.8, 4) is 0 Å². The Bertz CT molecular complexity index is 1670. The fourth-order valence-corrected chi connectivity index (χ4v) is 11.8. The van der Waals surface area contributed by atoms with Gasteiger partial charge in [0.05, 0.1) is 19.5 Å². The van der Waals surface area contributed by atoms with E-state index in [1.165, 1.54) is 11.9 Å². The van der Waals surface area contributed by atoms with E-state index < -0.39 is 48.8 Å². The molecule has 0 saturated carbocycles. The van der Waals surface area contributed by atoms with Crippen molar-refractivity contribution in [2.75, 3.05) is 18.5 Å². The topological polar surface area (TPSA) is 119 Å². The first-order valence-corrected chi connectivity index (χ1v) is 26.6. The second-order valence-electron chi connectivity index (χ2n) is 16.4. The number of aromatic nitrogens is 4.